The number of para-hydroxylation sites is 1. The standard InChI is InChI=1S/C27H32N6O6S.ClH/c1-38-24(35)14-20(18-8-3-2-4-9-18)31-23(34)16-29-25(36)21-17-40-27(32-21)33-26(37)30-15-19-10-5-6-11-22(19)39-13-7-12-28;/h2-6,8-11,17,20H,7,12-16,28H2,1H3,(H,29,36)(H,31,34)(H2,30,32,33,37);1H. The van der Waals surface area contributed by atoms with Crippen LogP contribution in [0.2, 0.25) is 0 Å². The summed E-state index contributed by atoms with van der Waals surface area (Å²) in [5.41, 5.74) is 7.07. The van der Waals surface area contributed by atoms with Crippen molar-refractivity contribution in [3.05, 3.63) is 76.8 Å². The third-order valence-corrected chi connectivity index (χ3v) is 6.28. The van der Waals surface area contributed by atoms with Crippen LogP contribution in [0.4, 0.5) is 9.93 Å². The first-order valence-corrected chi connectivity index (χ1v) is 13.4. The summed E-state index contributed by atoms with van der Waals surface area (Å²) >= 11 is 1.06. The second kappa shape index (κ2) is 17.5. The van der Waals surface area contributed by atoms with E-state index in [1.807, 2.05) is 30.3 Å². The Morgan fingerprint density at radius 1 is 1.02 bits per heavy atom. The summed E-state index contributed by atoms with van der Waals surface area (Å²) in [6.45, 7) is 0.886. The quantitative estimate of drug-likeness (QED) is 0.138. The van der Waals surface area contributed by atoms with Gasteiger partial charge < -0.3 is 31.2 Å². The summed E-state index contributed by atoms with van der Waals surface area (Å²) in [7, 11) is 1.27. The van der Waals surface area contributed by atoms with Crippen LogP contribution in [-0.2, 0) is 20.9 Å². The number of hydrogen-bond donors (Lipinski definition) is 5. The molecule has 0 fully saturated rings. The van der Waals surface area contributed by atoms with E-state index in [0.717, 1.165) is 28.9 Å². The molecular formula is C27H33ClN6O6S. The molecule has 0 aliphatic heterocycles. The van der Waals surface area contributed by atoms with E-state index in [-0.39, 0.29) is 42.7 Å². The SMILES string of the molecule is COC(=O)CC(NC(=O)CNC(=O)c1csc(NC(=O)NCc2ccccc2OCCCN)n1)c1ccccc1.Cl. The minimum Gasteiger partial charge on any atom is -0.493 e. The zero-order valence-corrected chi connectivity index (χ0v) is 24.0. The third kappa shape index (κ3) is 11.1. The Morgan fingerprint density at radius 3 is 2.49 bits per heavy atom. The minimum absolute atomic E-state index is 0. The van der Waals surface area contributed by atoms with E-state index in [9.17, 15) is 19.2 Å². The van der Waals surface area contributed by atoms with Gasteiger partial charge in [0.05, 0.1) is 32.7 Å². The summed E-state index contributed by atoms with van der Waals surface area (Å²) in [6.07, 6.45) is 0.659. The van der Waals surface area contributed by atoms with Crippen LogP contribution in [0, 0.1) is 0 Å². The Labute approximate surface area is 247 Å². The van der Waals surface area contributed by atoms with Gasteiger partial charge in [0.15, 0.2) is 5.13 Å². The number of hydrogen-bond acceptors (Lipinski definition) is 9. The maximum atomic E-state index is 12.5. The first-order valence-electron chi connectivity index (χ1n) is 12.5. The Balaban J connectivity index is 0.00000588. The molecule has 12 nitrogen and oxygen atoms in total. The number of benzene rings is 2. The zero-order valence-electron chi connectivity index (χ0n) is 22.4. The summed E-state index contributed by atoms with van der Waals surface area (Å²) < 4.78 is 10.4. The van der Waals surface area contributed by atoms with Crippen molar-refractivity contribution < 1.29 is 28.7 Å². The molecule has 4 amide bonds. The Hall–Kier alpha value is -4.20. The number of esters is 1. The molecule has 3 aromatic rings. The number of rotatable bonds is 14. The van der Waals surface area contributed by atoms with E-state index in [4.69, 9.17) is 15.2 Å². The number of halogens is 1. The highest BCUT2D eigenvalue weighted by Crippen LogP contribution is 2.19. The number of carbonyl (C=O) groups excluding carboxylic acids is 4. The van der Waals surface area contributed by atoms with Crippen LogP contribution in [0.15, 0.2) is 60.0 Å². The van der Waals surface area contributed by atoms with E-state index in [1.54, 1.807) is 24.3 Å². The Morgan fingerprint density at radius 2 is 1.76 bits per heavy atom. The minimum atomic E-state index is -0.615. The molecule has 41 heavy (non-hydrogen) atoms. The number of thiazole rings is 1. The fraction of sp³-hybridized carbons (Fsp3) is 0.296. The maximum Gasteiger partial charge on any atom is 0.321 e. The van der Waals surface area contributed by atoms with Crippen LogP contribution in [0.1, 0.15) is 40.5 Å². The predicted octanol–water partition coefficient (Wildman–Crippen LogP) is 2.76. The highest BCUT2D eigenvalue weighted by atomic mass is 35.5. The number of urea groups is 1. The molecule has 0 aliphatic carbocycles. The molecule has 14 heteroatoms. The lowest BCUT2D eigenvalue weighted by atomic mass is 10.0. The second-order valence-corrected chi connectivity index (χ2v) is 9.30. The molecule has 0 saturated carbocycles. The molecule has 1 atom stereocenters. The van der Waals surface area contributed by atoms with E-state index in [2.05, 4.69) is 26.3 Å². The second-order valence-electron chi connectivity index (χ2n) is 8.44. The van der Waals surface area contributed by atoms with Crippen molar-refractivity contribution >= 4 is 52.7 Å². The smallest absolute Gasteiger partial charge is 0.321 e. The zero-order chi connectivity index (χ0) is 28.7. The fourth-order valence-corrected chi connectivity index (χ4v) is 4.18. The van der Waals surface area contributed by atoms with E-state index in [1.165, 1.54) is 12.5 Å². The number of carbonyl (C=O) groups is 4. The highest BCUT2D eigenvalue weighted by Gasteiger charge is 2.20. The first kappa shape index (κ1) is 33.0. The van der Waals surface area contributed by atoms with Crippen molar-refractivity contribution in [1.82, 2.24) is 20.9 Å². The average Bonchev–Trinajstić information content (AvgIpc) is 3.44. The lowest BCUT2D eigenvalue weighted by molar-refractivity contribution is -0.141. The summed E-state index contributed by atoms with van der Waals surface area (Å²) in [5.74, 6) is -0.905. The third-order valence-electron chi connectivity index (χ3n) is 5.52. The molecule has 2 aromatic carbocycles. The Kier molecular flexibility index (Phi) is 14.1. The average molecular weight is 605 g/mol. The van der Waals surface area contributed by atoms with Crippen molar-refractivity contribution in [1.29, 1.82) is 0 Å². The van der Waals surface area contributed by atoms with Gasteiger partial charge >= 0.3 is 12.0 Å². The van der Waals surface area contributed by atoms with Gasteiger partial charge in [0.25, 0.3) is 5.91 Å². The molecule has 6 N–H and O–H groups in total. The monoisotopic (exact) mass is 604 g/mol. The van der Waals surface area contributed by atoms with Crippen LogP contribution >= 0.6 is 23.7 Å². The summed E-state index contributed by atoms with van der Waals surface area (Å²) in [5, 5.41) is 12.2. The van der Waals surface area contributed by atoms with Gasteiger partial charge in [0.2, 0.25) is 5.91 Å². The van der Waals surface area contributed by atoms with E-state index < -0.39 is 29.9 Å². The molecule has 0 bridgehead atoms. The number of nitrogens with one attached hydrogen (secondary N) is 4. The van der Waals surface area contributed by atoms with Gasteiger partial charge in [-0.1, -0.05) is 48.5 Å². The number of nitrogens with zero attached hydrogens (tertiary/aromatic N) is 1. The lowest BCUT2D eigenvalue weighted by Gasteiger charge is -2.18. The van der Waals surface area contributed by atoms with Crippen molar-refractivity contribution in [3.8, 4) is 5.75 Å². The van der Waals surface area contributed by atoms with E-state index in [0.29, 0.717) is 18.9 Å². The summed E-state index contributed by atoms with van der Waals surface area (Å²) in [6, 6.07) is 15.2. The maximum absolute atomic E-state index is 12.5. The summed E-state index contributed by atoms with van der Waals surface area (Å²) in [4.78, 5) is 53.3. The lowest BCUT2D eigenvalue weighted by Crippen LogP contribution is -2.39. The largest absolute Gasteiger partial charge is 0.493 e. The van der Waals surface area contributed by atoms with Crippen LogP contribution in [-0.4, -0.2) is 55.6 Å². The van der Waals surface area contributed by atoms with Gasteiger partial charge in [-0.15, -0.1) is 23.7 Å². The molecule has 0 radical (unpaired) electrons. The number of aromatic nitrogens is 1. The van der Waals surface area contributed by atoms with Gasteiger partial charge in [-0.05, 0) is 24.6 Å². The van der Waals surface area contributed by atoms with Gasteiger partial charge in [0.1, 0.15) is 11.4 Å². The number of nitrogens with two attached hydrogens (primary N) is 1. The van der Waals surface area contributed by atoms with Crippen molar-refractivity contribution in [3.63, 3.8) is 0 Å². The molecule has 1 heterocycles. The van der Waals surface area contributed by atoms with Crippen LogP contribution in [0.3, 0.4) is 0 Å². The molecular weight excluding hydrogens is 572 g/mol. The predicted molar refractivity (Wildman–Crippen MR) is 157 cm³/mol. The molecule has 1 unspecified atom stereocenters. The normalized spacial score (nSPS) is 10.9. The van der Waals surface area contributed by atoms with Gasteiger partial charge in [0, 0.05) is 17.5 Å². The first-order chi connectivity index (χ1) is 19.4. The molecule has 220 valence electrons. The van der Waals surface area contributed by atoms with Crippen LogP contribution in [0.25, 0.3) is 0 Å². The number of amides is 4. The molecule has 0 aliphatic rings. The van der Waals surface area contributed by atoms with Gasteiger partial charge in [-0.25, -0.2) is 9.78 Å². The highest BCUT2D eigenvalue weighted by molar-refractivity contribution is 7.14. The fourth-order valence-electron chi connectivity index (χ4n) is 3.49. The molecule has 1 aromatic heterocycles. The van der Waals surface area contributed by atoms with Crippen molar-refractivity contribution in [2.45, 2.75) is 25.4 Å². The number of ether oxygens (including phenoxy) is 2. The topological polar surface area (TPSA) is 174 Å². The molecule has 0 spiro atoms. The van der Waals surface area contributed by atoms with Gasteiger partial charge in [-0.2, -0.15) is 0 Å². The number of anilines is 1. The van der Waals surface area contributed by atoms with Crippen LogP contribution < -0.4 is 31.7 Å². The molecule has 0 saturated heterocycles. The van der Waals surface area contributed by atoms with Crippen molar-refractivity contribution in [2.75, 3.05) is 32.1 Å². The Bertz CT molecular complexity index is 1290. The van der Waals surface area contributed by atoms with Gasteiger partial charge in [-0.3, -0.25) is 19.7 Å². The molecule has 3 rings (SSSR count). The van der Waals surface area contributed by atoms with E-state index >= 15 is 0 Å². The number of methoxy groups -OCH3 is 1. The van der Waals surface area contributed by atoms with Crippen LogP contribution in [0.5, 0.6) is 5.75 Å². The van der Waals surface area contributed by atoms with Crippen molar-refractivity contribution in [2.24, 2.45) is 5.73 Å².